The molecule has 0 heterocycles. The number of allylic oxidation sites excluding steroid dienone is 2. The molecule has 0 fully saturated rings. The average Bonchev–Trinajstić information content (AvgIpc) is 2.60. The average molecular weight is 325 g/mol. The number of nitrogen functional groups attached to an aromatic ring is 1. The fraction of sp³-hybridized carbons (Fsp3) is 0.0833. The minimum Gasteiger partial charge on any atom is -0.399 e. The first-order valence-electron chi connectivity index (χ1n) is 8.50. The fourth-order valence-corrected chi connectivity index (χ4v) is 2.85. The Bertz CT molecular complexity index is 867. The molecule has 3 aromatic carbocycles. The van der Waals surface area contributed by atoms with E-state index in [1.54, 1.807) is 0 Å². The van der Waals surface area contributed by atoms with Crippen LogP contribution in [0.25, 0.3) is 11.6 Å². The van der Waals surface area contributed by atoms with Gasteiger partial charge in [-0.1, -0.05) is 90.0 Å². The number of anilines is 1. The normalized spacial score (nSPS) is 10.8. The van der Waals surface area contributed by atoms with Crippen LogP contribution in [0.15, 0.2) is 84.9 Å². The molecule has 0 radical (unpaired) electrons. The van der Waals surface area contributed by atoms with E-state index < -0.39 is 0 Å². The molecule has 1 nitrogen and oxygen atoms in total. The highest BCUT2D eigenvalue weighted by Crippen LogP contribution is 2.25. The molecule has 0 aliphatic heterocycles. The molecule has 0 aromatic heterocycles. The first-order chi connectivity index (χ1) is 12.1. The smallest absolute Gasteiger partial charge is 0.0314 e. The molecular weight excluding hydrogens is 302 g/mol. The van der Waals surface area contributed by atoms with Gasteiger partial charge in [-0.05, 0) is 48.2 Å². The van der Waals surface area contributed by atoms with Crippen molar-refractivity contribution in [1.29, 1.82) is 0 Å². The van der Waals surface area contributed by atoms with Crippen LogP contribution in [0.5, 0.6) is 0 Å². The summed E-state index contributed by atoms with van der Waals surface area (Å²) < 4.78 is 0. The SMILES string of the molecule is Cc1cccc(C(=C/C=C/c2ccc(N)cc2)c2cccc(C)c2)c1. The molecule has 0 atom stereocenters. The zero-order chi connectivity index (χ0) is 17.6. The molecule has 0 aliphatic rings. The first-order valence-corrected chi connectivity index (χ1v) is 8.50. The zero-order valence-electron chi connectivity index (χ0n) is 14.7. The third kappa shape index (κ3) is 4.48. The summed E-state index contributed by atoms with van der Waals surface area (Å²) in [6, 6.07) is 25.2. The van der Waals surface area contributed by atoms with Gasteiger partial charge in [-0.15, -0.1) is 0 Å². The van der Waals surface area contributed by atoms with Crippen molar-refractivity contribution in [2.24, 2.45) is 0 Å². The van der Waals surface area contributed by atoms with E-state index in [1.165, 1.54) is 27.8 Å². The molecule has 1 heteroatoms. The van der Waals surface area contributed by atoms with Crippen LogP contribution in [0.2, 0.25) is 0 Å². The molecular formula is C24H23N. The summed E-state index contributed by atoms with van der Waals surface area (Å²) in [6.07, 6.45) is 6.39. The van der Waals surface area contributed by atoms with Crippen molar-refractivity contribution in [1.82, 2.24) is 0 Å². The second kappa shape index (κ2) is 7.67. The van der Waals surface area contributed by atoms with E-state index in [4.69, 9.17) is 5.73 Å². The first kappa shape index (κ1) is 16.8. The third-order valence-electron chi connectivity index (χ3n) is 4.15. The van der Waals surface area contributed by atoms with Gasteiger partial charge in [0.1, 0.15) is 0 Å². The second-order valence-corrected chi connectivity index (χ2v) is 6.35. The maximum atomic E-state index is 5.75. The van der Waals surface area contributed by atoms with E-state index >= 15 is 0 Å². The summed E-state index contributed by atoms with van der Waals surface area (Å²) in [5.74, 6) is 0. The number of hydrogen-bond donors (Lipinski definition) is 1. The van der Waals surface area contributed by atoms with Crippen LogP contribution in [0, 0.1) is 13.8 Å². The van der Waals surface area contributed by atoms with Crippen molar-refractivity contribution in [3.8, 4) is 0 Å². The van der Waals surface area contributed by atoms with Gasteiger partial charge in [-0.2, -0.15) is 0 Å². The van der Waals surface area contributed by atoms with Crippen molar-refractivity contribution in [2.45, 2.75) is 13.8 Å². The molecule has 2 N–H and O–H groups in total. The van der Waals surface area contributed by atoms with Gasteiger partial charge in [0.25, 0.3) is 0 Å². The van der Waals surface area contributed by atoms with Crippen LogP contribution in [0.4, 0.5) is 5.69 Å². The van der Waals surface area contributed by atoms with E-state index in [-0.39, 0.29) is 0 Å². The van der Waals surface area contributed by atoms with Crippen molar-refractivity contribution in [3.63, 3.8) is 0 Å². The zero-order valence-corrected chi connectivity index (χ0v) is 14.7. The molecule has 0 bridgehead atoms. The molecule has 25 heavy (non-hydrogen) atoms. The lowest BCUT2D eigenvalue weighted by molar-refractivity contribution is 1.41. The predicted molar refractivity (Wildman–Crippen MR) is 109 cm³/mol. The summed E-state index contributed by atoms with van der Waals surface area (Å²) in [6.45, 7) is 4.25. The van der Waals surface area contributed by atoms with Crippen molar-refractivity contribution in [3.05, 3.63) is 113 Å². The highest BCUT2D eigenvalue weighted by Gasteiger charge is 2.04. The maximum Gasteiger partial charge on any atom is 0.0314 e. The lowest BCUT2D eigenvalue weighted by atomic mass is 9.95. The lowest BCUT2D eigenvalue weighted by Crippen LogP contribution is -1.89. The fourth-order valence-electron chi connectivity index (χ4n) is 2.85. The van der Waals surface area contributed by atoms with Gasteiger partial charge in [-0.3, -0.25) is 0 Å². The molecule has 0 saturated carbocycles. The molecule has 0 aliphatic carbocycles. The minimum atomic E-state index is 0.785. The van der Waals surface area contributed by atoms with Gasteiger partial charge in [0, 0.05) is 5.69 Å². The molecule has 3 aromatic rings. The summed E-state index contributed by atoms with van der Waals surface area (Å²) >= 11 is 0. The summed E-state index contributed by atoms with van der Waals surface area (Å²) in [4.78, 5) is 0. The van der Waals surface area contributed by atoms with Crippen LogP contribution in [0.3, 0.4) is 0 Å². The monoisotopic (exact) mass is 325 g/mol. The second-order valence-electron chi connectivity index (χ2n) is 6.35. The number of rotatable bonds is 4. The van der Waals surface area contributed by atoms with Crippen LogP contribution in [-0.2, 0) is 0 Å². The molecule has 3 rings (SSSR count). The topological polar surface area (TPSA) is 26.0 Å². The Morgan fingerprint density at radius 1 is 0.760 bits per heavy atom. The van der Waals surface area contributed by atoms with Gasteiger partial charge in [0.2, 0.25) is 0 Å². The summed E-state index contributed by atoms with van der Waals surface area (Å²) in [7, 11) is 0. The Hall–Kier alpha value is -3.06. The highest BCUT2D eigenvalue weighted by molar-refractivity contribution is 5.82. The molecule has 124 valence electrons. The van der Waals surface area contributed by atoms with E-state index in [1.807, 2.05) is 24.3 Å². The Balaban J connectivity index is 2.00. The molecule has 0 unspecified atom stereocenters. The van der Waals surface area contributed by atoms with Gasteiger partial charge >= 0.3 is 0 Å². The molecule has 0 saturated heterocycles. The number of hydrogen-bond acceptors (Lipinski definition) is 1. The van der Waals surface area contributed by atoms with Crippen LogP contribution in [0.1, 0.15) is 27.8 Å². The van der Waals surface area contributed by atoms with Crippen LogP contribution >= 0.6 is 0 Å². The van der Waals surface area contributed by atoms with Gasteiger partial charge < -0.3 is 5.73 Å². The van der Waals surface area contributed by atoms with E-state index in [2.05, 4.69) is 80.6 Å². The highest BCUT2D eigenvalue weighted by atomic mass is 14.5. The standard InChI is InChI=1S/C24H23N/c1-18-6-3-9-21(16-18)24(22-10-4-7-19(2)17-22)11-5-8-20-12-14-23(25)15-13-20/h3-17H,25H2,1-2H3/b8-5+. The third-order valence-corrected chi connectivity index (χ3v) is 4.15. The number of aryl methyl sites for hydroxylation is 2. The van der Waals surface area contributed by atoms with E-state index in [0.29, 0.717) is 0 Å². The van der Waals surface area contributed by atoms with E-state index in [9.17, 15) is 0 Å². The molecule has 0 spiro atoms. The Labute approximate surface area is 150 Å². The predicted octanol–water partition coefficient (Wildman–Crippen LogP) is 6.03. The molecule has 0 amide bonds. The summed E-state index contributed by atoms with van der Waals surface area (Å²) in [5.41, 5.74) is 13.9. The minimum absolute atomic E-state index is 0.785. The van der Waals surface area contributed by atoms with Crippen molar-refractivity contribution >= 4 is 17.3 Å². The van der Waals surface area contributed by atoms with Crippen molar-refractivity contribution in [2.75, 3.05) is 5.73 Å². The number of nitrogens with two attached hydrogens (primary N) is 1. The van der Waals surface area contributed by atoms with E-state index in [0.717, 1.165) is 11.3 Å². The van der Waals surface area contributed by atoms with Gasteiger partial charge in [0.15, 0.2) is 0 Å². The Kier molecular flexibility index (Phi) is 5.15. The quantitative estimate of drug-likeness (QED) is 0.460. The van der Waals surface area contributed by atoms with Crippen molar-refractivity contribution < 1.29 is 0 Å². The number of benzene rings is 3. The Morgan fingerprint density at radius 3 is 1.84 bits per heavy atom. The largest absolute Gasteiger partial charge is 0.399 e. The summed E-state index contributed by atoms with van der Waals surface area (Å²) in [5, 5.41) is 0. The van der Waals surface area contributed by atoms with Gasteiger partial charge in [0.05, 0.1) is 0 Å². The van der Waals surface area contributed by atoms with Crippen LogP contribution in [-0.4, -0.2) is 0 Å². The van der Waals surface area contributed by atoms with Crippen LogP contribution < -0.4 is 5.73 Å². The maximum absolute atomic E-state index is 5.75. The lowest BCUT2D eigenvalue weighted by Gasteiger charge is -2.10. The van der Waals surface area contributed by atoms with Gasteiger partial charge in [-0.25, -0.2) is 0 Å². The Morgan fingerprint density at radius 2 is 1.32 bits per heavy atom.